The fraction of sp³-hybridized carbons (Fsp3) is 0.158. The number of aliphatic carboxylic acids is 1. The van der Waals surface area contributed by atoms with E-state index in [-0.39, 0.29) is 26.9 Å². The summed E-state index contributed by atoms with van der Waals surface area (Å²) < 4.78 is 33.6. The van der Waals surface area contributed by atoms with Gasteiger partial charge in [0, 0.05) is 25.2 Å². The van der Waals surface area contributed by atoms with Crippen LogP contribution in [0, 0.1) is 0 Å². The maximum absolute atomic E-state index is 13.0. The van der Waals surface area contributed by atoms with Gasteiger partial charge in [-0.1, -0.05) is 17.7 Å². The lowest BCUT2D eigenvalue weighted by atomic mass is 10.1. The second-order valence-corrected chi connectivity index (χ2v) is 8.16. The average Bonchev–Trinajstić information content (AvgIpc) is 2.65. The number of hydrogen-bond acceptors (Lipinski definition) is 5. The molecule has 8 nitrogen and oxygen atoms in total. The number of halogens is 1. The minimum atomic E-state index is -4.20. The molecule has 0 heterocycles. The number of carboxylic acid groups (broad SMARTS) is 1. The first-order valence-electron chi connectivity index (χ1n) is 8.18. The molecule has 1 amide bonds. The van der Waals surface area contributed by atoms with Crippen molar-refractivity contribution in [1.29, 1.82) is 0 Å². The van der Waals surface area contributed by atoms with Gasteiger partial charge in [-0.3, -0.25) is 9.52 Å². The summed E-state index contributed by atoms with van der Waals surface area (Å²) in [6.07, 6.45) is 2.14. The number of methoxy groups -OCH3 is 1. The smallest absolute Gasteiger partial charge is 0.328 e. The molecular weight excluding hydrogens is 420 g/mol. The van der Waals surface area contributed by atoms with Gasteiger partial charge in [-0.2, -0.15) is 0 Å². The molecule has 0 aromatic heterocycles. The molecule has 29 heavy (non-hydrogen) atoms. The monoisotopic (exact) mass is 438 g/mol. The molecule has 0 aliphatic carbocycles. The quantitative estimate of drug-likeness (QED) is 0.642. The molecule has 0 saturated heterocycles. The summed E-state index contributed by atoms with van der Waals surface area (Å²) in [5.74, 6) is -1.54. The van der Waals surface area contributed by atoms with Crippen LogP contribution in [0.25, 0.3) is 6.08 Å². The van der Waals surface area contributed by atoms with Gasteiger partial charge in [-0.05, 0) is 42.0 Å². The molecule has 0 spiro atoms. The van der Waals surface area contributed by atoms with Crippen molar-refractivity contribution in [2.75, 3.05) is 25.9 Å². The lowest BCUT2D eigenvalue weighted by Gasteiger charge is -2.17. The molecule has 10 heteroatoms. The number of rotatable bonds is 7. The summed E-state index contributed by atoms with van der Waals surface area (Å²) in [5, 5.41) is 9.00. The molecule has 0 aliphatic heterocycles. The first-order chi connectivity index (χ1) is 13.5. The summed E-state index contributed by atoms with van der Waals surface area (Å²) in [5.41, 5.74) is 0.456. The number of hydrogen-bond donors (Lipinski definition) is 2. The number of carboxylic acids is 1. The van der Waals surface area contributed by atoms with Gasteiger partial charge in [0.1, 0.15) is 10.6 Å². The van der Waals surface area contributed by atoms with Gasteiger partial charge in [0.05, 0.1) is 18.4 Å². The lowest BCUT2D eigenvalue weighted by molar-refractivity contribution is -0.131. The first kappa shape index (κ1) is 22.3. The third-order valence-electron chi connectivity index (χ3n) is 3.76. The standard InChI is InChI=1S/C19H19ClN2O6S/c1-22(2)19(25)14-7-6-13(20)11-15(14)21-29(26,27)17-10-12(5-9-18(23)24)4-8-16(17)28-3/h4-11,21H,1-3H3,(H,23,24). The Hall–Kier alpha value is -3.04. The van der Waals surface area contributed by atoms with E-state index in [2.05, 4.69) is 4.72 Å². The molecular formula is C19H19ClN2O6S. The van der Waals surface area contributed by atoms with Crippen LogP contribution in [0.15, 0.2) is 47.4 Å². The van der Waals surface area contributed by atoms with Gasteiger partial charge in [0.15, 0.2) is 0 Å². The number of nitrogens with zero attached hydrogens (tertiary/aromatic N) is 1. The van der Waals surface area contributed by atoms with Crippen LogP contribution in [-0.4, -0.2) is 51.5 Å². The summed E-state index contributed by atoms with van der Waals surface area (Å²) in [6, 6.07) is 8.41. The highest BCUT2D eigenvalue weighted by molar-refractivity contribution is 7.92. The lowest BCUT2D eigenvalue weighted by Crippen LogP contribution is -2.24. The Kier molecular flexibility index (Phi) is 6.89. The summed E-state index contributed by atoms with van der Waals surface area (Å²) in [7, 11) is 0.182. The number of carbonyl (C=O) groups is 2. The van der Waals surface area contributed by atoms with Crippen molar-refractivity contribution in [3.8, 4) is 5.75 Å². The Morgan fingerprint density at radius 3 is 2.45 bits per heavy atom. The SMILES string of the molecule is COc1ccc(C=CC(=O)O)cc1S(=O)(=O)Nc1cc(Cl)ccc1C(=O)N(C)C. The van der Waals surface area contributed by atoms with E-state index in [1.165, 1.54) is 68.6 Å². The molecule has 0 radical (unpaired) electrons. The van der Waals surface area contributed by atoms with E-state index in [9.17, 15) is 18.0 Å². The van der Waals surface area contributed by atoms with Gasteiger partial charge < -0.3 is 14.7 Å². The van der Waals surface area contributed by atoms with Crippen molar-refractivity contribution in [2.45, 2.75) is 4.90 Å². The van der Waals surface area contributed by atoms with Gasteiger partial charge in [-0.15, -0.1) is 0 Å². The van der Waals surface area contributed by atoms with Crippen molar-refractivity contribution in [3.05, 3.63) is 58.6 Å². The molecule has 154 valence electrons. The van der Waals surface area contributed by atoms with Crippen LogP contribution in [-0.2, 0) is 14.8 Å². The minimum Gasteiger partial charge on any atom is -0.495 e. The fourth-order valence-corrected chi connectivity index (χ4v) is 3.85. The number of amides is 1. The third-order valence-corrected chi connectivity index (χ3v) is 5.38. The van der Waals surface area contributed by atoms with Crippen LogP contribution >= 0.6 is 11.6 Å². The zero-order valence-corrected chi connectivity index (χ0v) is 17.4. The molecule has 0 bridgehead atoms. The maximum atomic E-state index is 13.0. The highest BCUT2D eigenvalue weighted by Crippen LogP contribution is 2.30. The molecule has 0 saturated carbocycles. The Labute approximate surface area is 173 Å². The topological polar surface area (TPSA) is 113 Å². The molecule has 0 atom stereocenters. The van der Waals surface area contributed by atoms with Crippen molar-refractivity contribution in [3.63, 3.8) is 0 Å². The fourth-order valence-electron chi connectivity index (χ4n) is 2.40. The summed E-state index contributed by atoms with van der Waals surface area (Å²) >= 11 is 5.98. The Balaban J connectivity index is 2.54. The Bertz CT molecular complexity index is 1080. The van der Waals surface area contributed by atoms with E-state index in [1.54, 1.807) is 0 Å². The molecule has 2 rings (SSSR count). The van der Waals surface area contributed by atoms with Gasteiger partial charge in [-0.25, -0.2) is 13.2 Å². The van der Waals surface area contributed by atoms with Crippen LogP contribution in [0.5, 0.6) is 5.75 Å². The van der Waals surface area contributed by atoms with Crippen LogP contribution in [0.2, 0.25) is 5.02 Å². The second kappa shape index (κ2) is 8.97. The zero-order valence-electron chi connectivity index (χ0n) is 15.8. The molecule has 2 aromatic carbocycles. The van der Waals surface area contributed by atoms with Crippen LogP contribution in [0.4, 0.5) is 5.69 Å². The number of nitrogens with one attached hydrogen (secondary N) is 1. The number of carbonyl (C=O) groups excluding carboxylic acids is 1. The van der Waals surface area contributed by atoms with Crippen molar-refractivity contribution in [1.82, 2.24) is 4.90 Å². The number of benzene rings is 2. The van der Waals surface area contributed by atoms with Crippen molar-refractivity contribution < 1.29 is 27.9 Å². The van der Waals surface area contributed by atoms with E-state index < -0.39 is 21.9 Å². The largest absolute Gasteiger partial charge is 0.495 e. The Morgan fingerprint density at radius 1 is 1.17 bits per heavy atom. The summed E-state index contributed by atoms with van der Waals surface area (Å²) in [4.78, 5) is 24.2. The van der Waals surface area contributed by atoms with E-state index in [4.69, 9.17) is 21.4 Å². The minimum absolute atomic E-state index is 0.00438. The number of ether oxygens (including phenoxy) is 1. The normalized spacial score (nSPS) is 11.3. The van der Waals surface area contributed by atoms with Gasteiger partial charge in [0.2, 0.25) is 0 Å². The van der Waals surface area contributed by atoms with Crippen molar-refractivity contribution >= 4 is 45.3 Å². The van der Waals surface area contributed by atoms with E-state index in [0.29, 0.717) is 5.56 Å². The summed E-state index contributed by atoms with van der Waals surface area (Å²) in [6.45, 7) is 0. The third kappa shape index (κ3) is 5.49. The van der Waals surface area contributed by atoms with Crippen LogP contribution in [0.3, 0.4) is 0 Å². The highest BCUT2D eigenvalue weighted by Gasteiger charge is 2.23. The first-order valence-corrected chi connectivity index (χ1v) is 10.0. The van der Waals surface area contributed by atoms with E-state index in [1.807, 2.05) is 0 Å². The molecule has 2 aromatic rings. The zero-order chi connectivity index (χ0) is 21.8. The van der Waals surface area contributed by atoms with Crippen LogP contribution < -0.4 is 9.46 Å². The predicted octanol–water partition coefficient (Wildman–Crippen LogP) is 2.95. The van der Waals surface area contributed by atoms with Crippen molar-refractivity contribution in [2.24, 2.45) is 0 Å². The second-order valence-electron chi connectivity index (χ2n) is 6.08. The molecule has 0 fully saturated rings. The van der Waals surface area contributed by atoms with E-state index in [0.717, 1.165) is 6.08 Å². The highest BCUT2D eigenvalue weighted by atomic mass is 35.5. The molecule has 2 N–H and O–H groups in total. The number of sulfonamides is 1. The van der Waals surface area contributed by atoms with E-state index >= 15 is 0 Å². The van der Waals surface area contributed by atoms with Gasteiger partial charge >= 0.3 is 5.97 Å². The number of anilines is 1. The Morgan fingerprint density at radius 2 is 1.86 bits per heavy atom. The molecule has 0 aliphatic rings. The van der Waals surface area contributed by atoms with Gasteiger partial charge in [0.25, 0.3) is 15.9 Å². The maximum Gasteiger partial charge on any atom is 0.328 e. The predicted molar refractivity (Wildman–Crippen MR) is 110 cm³/mol. The van der Waals surface area contributed by atoms with Crippen LogP contribution in [0.1, 0.15) is 15.9 Å². The molecule has 0 unspecified atom stereocenters. The average molecular weight is 439 g/mol.